The van der Waals surface area contributed by atoms with E-state index in [1.165, 1.54) is 16.8 Å². The zero-order valence-electron chi connectivity index (χ0n) is 16.8. The van der Waals surface area contributed by atoms with Crippen LogP contribution < -0.4 is 9.64 Å². The van der Waals surface area contributed by atoms with Gasteiger partial charge < -0.3 is 14.4 Å². The molecule has 0 saturated carbocycles. The Kier molecular flexibility index (Phi) is 5.32. The average Bonchev–Trinajstić information content (AvgIpc) is 2.83. The van der Waals surface area contributed by atoms with Crippen molar-refractivity contribution in [2.24, 2.45) is 0 Å². The van der Waals surface area contributed by atoms with Crippen molar-refractivity contribution < 1.29 is 9.47 Å². The summed E-state index contributed by atoms with van der Waals surface area (Å²) in [4.78, 5) is 7.08. The molecule has 0 atom stereocenters. The highest BCUT2D eigenvalue weighted by atomic mass is 16.5. The van der Waals surface area contributed by atoms with Crippen LogP contribution >= 0.6 is 0 Å². The van der Waals surface area contributed by atoms with Crippen molar-refractivity contribution >= 4 is 16.6 Å². The SMILES string of the molecule is c1ccc(N2CCOCC2)c(-c2ccc(OCc3ccc4ccccc4n3)cc2)c1. The quantitative estimate of drug-likeness (QED) is 0.457. The van der Waals surface area contributed by atoms with Gasteiger partial charge in [0, 0.05) is 29.7 Å². The van der Waals surface area contributed by atoms with Gasteiger partial charge >= 0.3 is 0 Å². The molecule has 1 aliphatic heterocycles. The molecule has 1 fully saturated rings. The molecule has 1 aromatic heterocycles. The summed E-state index contributed by atoms with van der Waals surface area (Å²) in [6.07, 6.45) is 0. The second-order valence-corrected chi connectivity index (χ2v) is 7.42. The second kappa shape index (κ2) is 8.56. The predicted octanol–water partition coefficient (Wildman–Crippen LogP) is 5.32. The van der Waals surface area contributed by atoms with Gasteiger partial charge in [0.05, 0.1) is 24.4 Å². The van der Waals surface area contributed by atoms with Crippen LogP contribution in [0, 0.1) is 0 Å². The molecule has 2 heterocycles. The number of anilines is 1. The lowest BCUT2D eigenvalue weighted by Gasteiger charge is -2.30. The summed E-state index contributed by atoms with van der Waals surface area (Å²) in [5, 5.41) is 1.14. The second-order valence-electron chi connectivity index (χ2n) is 7.42. The maximum atomic E-state index is 5.99. The summed E-state index contributed by atoms with van der Waals surface area (Å²) in [6.45, 7) is 3.87. The fourth-order valence-electron chi connectivity index (χ4n) is 3.87. The van der Waals surface area contributed by atoms with Crippen molar-refractivity contribution in [1.29, 1.82) is 0 Å². The van der Waals surface area contributed by atoms with E-state index in [1.807, 2.05) is 36.4 Å². The Labute approximate surface area is 176 Å². The van der Waals surface area contributed by atoms with Crippen LogP contribution in [0.15, 0.2) is 84.9 Å². The summed E-state index contributed by atoms with van der Waals surface area (Å²) in [5.74, 6) is 0.845. The monoisotopic (exact) mass is 396 g/mol. The maximum absolute atomic E-state index is 5.99. The first-order chi connectivity index (χ1) is 14.9. The summed E-state index contributed by atoms with van der Waals surface area (Å²) < 4.78 is 11.5. The standard InChI is InChI=1S/C26H24N2O2/c1-3-7-25-21(5-1)9-12-22(27-25)19-30-23-13-10-20(11-14-23)24-6-2-4-8-26(24)28-15-17-29-18-16-28/h1-14H,15-19H2. The molecule has 0 unspecified atom stereocenters. The molecule has 0 radical (unpaired) electrons. The van der Waals surface area contributed by atoms with Crippen LogP contribution in [0.4, 0.5) is 5.69 Å². The van der Waals surface area contributed by atoms with Crippen LogP contribution in [0.2, 0.25) is 0 Å². The molecule has 1 aliphatic rings. The van der Waals surface area contributed by atoms with Crippen molar-refractivity contribution in [3.05, 3.63) is 90.6 Å². The average molecular weight is 396 g/mol. The number of benzene rings is 3. The summed E-state index contributed by atoms with van der Waals surface area (Å²) in [7, 11) is 0. The maximum Gasteiger partial charge on any atom is 0.130 e. The van der Waals surface area contributed by atoms with Crippen LogP contribution in [0.1, 0.15) is 5.69 Å². The van der Waals surface area contributed by atoms with Crippen molar-refractivity contribution in [3.63, 3.8) is 0 Å². The molecular weight excluding hydrogens is 372 g/mol. The molecule has 0 N–H and O–H groups in total. The minimum Gasteiger partial charge on any atom is -0.487 e. The fraction of sp³-hybridized carbons (Fsp3) is 0.192. The first-order valence-corrected chi connectivity index (χ1v) is 10.4. The highest BCUT2D eigenvalue weighted by Crippen LogP contribution is 2.32. The van der Waals surface area contributed by atoms with Gasteiger partial charge in [-0.15, -0.1) is 0 Å². The van der Waals surface area contributed by atoms with Crippen LogP contribution in [0.5, 0.6) is 5.75 Å². The van der Waals surface area contributed by atoms with E-state index in [-0.39, 0.29) is 0 Å². The summed E-state index contributed by atoms with van der Waals surface area (Å²) in [6, 6.07) is 29.1. The van der Waals surface area contributed by atoms with E-state index >= 15 is 0 Å². The molecule has 4 heteroatoms. The van der Waals surface area contributed by atoms with E-state index in [2.05, 4.69) is 58.4 Å². The highest BCUT2D eigenvalue weighted by molar-refractivity contribution is 5.79. The normalized spacial score (nSPS) is 14.1. The van der Waals surface area contributed by atoms with Gasteiger partial charge in [-0.05, 0) is 35.9 Å². The number of rotatable bonds is 5. The van der Waals surface area contributed by atoms with Gasteiger partial charge in [-0.1, -0.05) is 54.6 Å². The Balaban J connectivity index is 1.31. The molecule has 0 spiro atoms. The van der Waals surface area contributed by atoms with Crippen molar-refractivity contribution in [2.45, 2.75) is 6.61 Å². The van der Waals surface area contributed by atoms with Gasteiger partial charge in [-0.2, -0.15) is 0 Å². The lowest BCUT2D eigenvalue weighted by atomic mass is 10.0. The lowest BCUT2D eigenvalue weighted by Crippen LogP contribution is -2.36. The molecular formula is C26H24N2O2. The van der Waals surface area contributed by atoms with Crippen LogP contribution in [-0.2, 0) is 11.3 Å². The topological polar surface area (TPSA) is 34.6 Å². The van der Waals surface area contributed by atoms with Gasteiger partial charge in [-0.25, -0.2) is 4.98 Å². The number of nitrogens with zero attached hydrogens (tertiary/aromatic N) is 2. The number of ether oxygens (including phenoxy) is 2. The molecule has 150 valence electrons. The number of fused-ring (bicyclic) bond motifs is 1. The van der Waals surface area contributed by atoms with E-state index in [4.69, 9.17) is 9.47 Å². The van der Waals surface area contributed by atoms with Crippen LogP contribution in [0.25, 0.3) is 22.0 Å². The number of hydrogen-bond acceptors (Lipinski definition) is 4. The van der Waals surface area contributed by atoms with Crippen molar-refractivity contribution in [1.82, 2.24) is 4.98 Å². The minimum atomic E-state index is 0.453. The first kappa shape index (κ1) is 18.6. The van der Waals surface area contributed by atoms with Gasteiger partial charge in [0.25, 0.3) is 0 Å². The molecule has 0 bridgehead atoms. The van der Waals surface area contributed by atoms with E-state index in [1.54, 1.807) is 0 Å². The molecule has 4 aromatic rings. The van der Waals surface area contributed by atoms with E-state index in [0.717, 1.165) is 48.6 Å². The third-order valence-electron chi connectivity index (χ3n) is 5.46. The molecule has 5 rings (SSSR count). The van der Waals surface area contributed by atoms with Gasteiger partial charge in [0.2, 0.25) is 0 Å². The lowest BCUT2D eigenvalue weighted by molar-refractivity contribution is 0.123. The zero-order valence-corrected chi connectivity index (χ0v) is 16.8. The van der Waals surface area contributed by atoms with Crippen molar-refractivity contribution in [2.75, 3.05) is 31.2 Å². The zero-order chi connectivity index (χ0) is 20.2. The predicted molar refractivity (Wildman–Crippen MR) is 121 cm³/mol. The van der Waals surface area contributed by atoms with Gasteiger partial charge in [0.1, 0.15) is 12.4 Å². The van der Waals surface area contributed by atoms with E-state index in [9.17, 15) is 0 Å². The molecule has 3 aromatic carbocycles. The number of aromatic nitrogens is 1. The Hall–Kier alpha value is -3.37. The minimum absolute atomic E-state index is 0.453. The Bertz CT molecular complexity index is 1140. The highest BCUT2D eigenvalue weighted by Gasteiger charge is 2.15. The van der Waals surface area contributed by atoms with E-state index < -0.39 is 0 Å². The van der Waals surface area contributed by atoms with Gasteiger partial charge in [-0.3, -0.25) is 0 Å². The number of morpholine rings is 1. The third-order valence-corrected chi connectivity index (χ3v) is 5.46. The largest absolute Gasteiger partial charge is 0.487 e. The Morgan fingerprint density at radius 1 is 0.800 bits per heavy atom. The fourth-order valence-corrected chi connectivity index (χ4v) is 3.87. The molecule has 30 heavy (non-hydrogen) atoms. The van der Waals surface area contributed by atoms with Gasteiger partial charge in [0.15, 0.2) is 0 Å². The smallest absolute Gasteiger partial charge is 0.130 e. The molecule has 1 saturated heterocycles. The molecule has 4 nitrogen and oxygen atoms in total. The van der Waals surface area contributed by atoms with Crippen LogP contribution in [-0.4, -0.2) is 31.3 Å². The third kappa shape index (κ3) is 4.00. The number of para-hydroxylation sites is 2. The first-order valence-electron chi connectivity index (χ1n) is 10.4. The Morgan fingerprint density at radius 2 is 1.57 bits per heavy atom. The molecule has 0 aliphatic carbocycles. The summed E-state index contributed by atoms with van der Waals surface area (Å²) >= 11 is 0. The molecule has 0 amide bonds. The number of hydrogen-bond donors (Lipinski definition) is 0. The van der Waals surface area contributed by atoms with Crippen LogP contribution in [0.3, 0.4) is 0 Å². The van der Waals surface area contributed by atoms with Crippen molar-refractivity contribution in [3.8, 4) is 16.9 Å². The Morgan fingerprint density at radius 3 is 2.43 bits per heavy atom. The number of pyridine rings is 1. The summed E-state index contributed by atoms with van der Waals surface area (Å²) in [5.41, 5.74) is 5.61. The van der Waals surface area contributed by atoms with E-state index in [0.29, 0.717) is 6.61 Å².